The molecule has 0 unspecified atom stereocenters. The molecule has 0 aromatic carbocycles. The van der Waals surface area contributed by atoms with Crippen LogP contribution in [0.3, 0.4) is 0 Å². The van der Waals surface area contributed by atoms with Crippen LogP contribution in [0.15, 0.2) is 10.7 Å². The summed E-state index contributed by atoms with van der Waals surface area (Å²) in [6.45, 7) is 0. The van der Waals surface area contributed by atoms with Gasteiger partial charge in [-0.3, -0.25) is 0 Å². The van der Waals surface area contributed by atoms with E-state index in [1.165, 1.54) is 11.6 Å². The number of aromatic nitrogens is 2. The molecule has 1 aromatic rings. The normalized spacial score (nSPS) is 8.57. The van der Waals surface area contributed by atoms with Gasteiger partial charge in [0.1, 0.15) is 0 Å². The SMILES string of the molecule is S=Cc1cnno1. The Balaban J connectivity index is 2.96. The number of rotatable bonds is 1. The van der Waals surface area contributed by atoms with Crippen LogP contribution in [-0.4, -0.2) is 15.7 Å². The van der Waals surface area contributed by atoms with Crippen molar-refractivity contribution in [2.75, 3.05) is 0 Å². The number of thiocarbonyl (C=S) groups is 1. The molecule has 1 heterocycles. The van der Waals surface area contributed by atoms with Crippen molar-refractivity contribution < 1.29 is 4.52 Å². The van der Waals surface area contributed by atoms with Crippen LogP contribution in [0.1, 0.15) is 5.76 Å². The first-order chi connectivity index (χ1) is 3.43. The fourth-order valence-electron chi connectivity index (χ4n) is 0.227. The van der Waals surface area contributed by atoms with Crippen LogP contribution < -0.4 is 0 Å². The molecule has 0 saturated carbocycles. The lowest BCUT2D eigenvalue weighted by Crippen LogP contribution is -1.64. The van der Waals surface area contributed by atoms with Gasteiger partial charge in [-0.1, -0.05) is 12.2 Å². The first-order valence-corrected chi connectivity index (χ1v) is 2.13. The summed E-state index contributed by atoms with van der Waals surface area (Å²) in [7, 11) is 0. The summed E-state index contributed by atoms with van der Waals surface area (Å²) in [5.74, 6) is 0.523. The minimum atomic E-state index is 0.523. The van der Waals surface area contributed by atoms with Crippen molar-refractivity contribution in [3.63, 3.8) is 0 Å². The van der Waals surface area contributed by atoms with Gasteiger partial charge in [0.15, 0.2) is 5.76 Å². The Morgan fingerprint density at radius 3 is 3.00 bits per heavy atom. The third-order valence-electron chi connectivity index (χ3n) is 0.495. The van der Waals surface area contributed by atoms with Gasteiger partial charge in [0.25, 0.3) is 0 Å². The monoisotopic (exact) mass is 114 g/mol. The number of hydrogen-bond acceptors (Lipinski definition) is 4. The molecule has 0 aliphatic rings. The molecule has 1 aromatic heterocycles. The molecule has 0 saturated heterocycles. The minimum absolute atomic E-state index is 0.523. The molecular weight excluding hydrogens is 112 g/mol. The standard InChI is InChI=1S/C3H2N2OS/c7-2-3-1-4-5-6-3/h1-2H. The zero-order valence-electron chi connectivity index (χ0n) is 3.37. The maximum absolute atomic E-state index is 4.47. The van der Waals surface area contributed by atoms with Crippen molar-refractivity contribution in [1.82, 2.24) is 10.4 Å². The Kier molecular flexibility index (Phi) is 1.12. The van der Waals surface area contributed by atoms with Crippen LogP contribution >= 0.6 is 12.2 Å². The number of nitrogens with zero attached hydrogens (tertiary/aromatic N) is 2. The van der Waals surface area contributed by atoms with Gasteiger partial charge in [0, 0.05) is 10.6 Å². The Hall–Kier alpha value is -0.770. The average molecular weight is 114 g/mol. The van der Waals surface area contributed by atoms with E-state index in [9.17, 15) is 0 Å². The third kappa shape index (κ3) is 0.806. The lowest BCUT2D eigenvalue weighted by Gasteiger charge is -1.65. The lowest BCUT2D eigenvalue weighted by molar-refractivity contribution is 0.389. The van der Waals surface area contributed by atoms with Gasteiger partial charge < -0.3 is 4.52 Å². The Bertz CT molecular complexity index is 148. The van der Waals surface area contributed by atoms with Crippen molar-refractivity contribution in [1.29, 1.82) is 0 Å². The number of hydrogen-bond donors (Lipinski definition) is 0. The largest absolute Gasteiger partial charge is 0.337 e. The summed E-state index contributed by atoms with van der Waals surface area (Å²) < 4.78 is 4.46. The Morgan fingerprint density at radius 1 is 1.86 bits per heavy atom. The second-order valence-electron chi connectivity index (χ2n) is 0.938. The molecule has 0 spiro atoms. The summed E-state index contributed by atoms with van der Waals surface area (Å²) in [6, 6.07) is 0. The Labute approximate surface area is 45.3 Å². The van der Waals surface area contributed by atoms with E-state index in [0.717, 1.165) is 0 Å². The van der Waals surface area contributed by atoms with Crippen molar-refractivity contribution in [2.45, 2.75) is 0 Å². The van der Waals surface area contributed by atoms with Crippen molar-refractivity contribution in [3.8, 4) is 0 Å². The zero-order valence-corrected chi connectivity index (χ0v) is 4.18. The molecule has 0 fully saturated rings. The van der Waals surface area contributed by atoms with Crippen LogP contribution in [0.25, 0.3) is 0 Å². The Morgan fingerprint density at radius 2 is 2.71 bits per heavy atom. The summed E-state index contributed by atoms with van der Waals surface area (Å²) >= 11 is 4.47. The maximum atomic E-state index is 4.47. The van der Waals surface area contributed by atoms with Gasteiger partial charge in [-0.05, 0) is 0 Å². The van der Waals surface area contributed by atoms with E-state index in [0.29, 0.717) is 5.76 Å². The molecule has 0 aliphatic heterocycles. The van der Waals surface area contributed by atoms with Crippen LogP contribution in [0.4, 0.5) is 0 Å². The molecular formula is C3H2N2OS. The molecule has 0 aliphatic carbocycles. The molecule has 36 valence electrons. The second-order valence-corrected chi connectivity index (χ2v) is 1.17. The van der Waals surface area contributed by atoms with Gasteiger partial charge in [0.2, 0.25) is 0 Å². The van der Waals surface area contributed by atoms with E-state index in [2.05, 4.69) is 27.1 Å². The second kappa shape index (κ2) is 1.79. The molecule has 0 atom stereocenters. The van der Waals surface area contributed by atoms with Crippen LogP contribution in [0, 0.1) is 0 Å². The summed E-state index contributed by atoms with van der Waals surface area (Å²) in [5, 5.41) is 7.92. The predicted octanol–water partition coefficient (Wildman–Crippen LogP) is 0.417. The van der Waals surface area contributed by atoms with E-state index >= 15 is 0 Å². The van der Waals surface area contributed by atoms with Crippen molar-refractivity contribution in [3.05, 3.63) is 12.0 Å². The average Bonchev–Trinajstić information content (AvgIpc) is 2.14. The van der Waals surface area contributed by atoms with Crippen LogP contribution in [-0.2, 0) is 0 Å². The topological polar surface area (TPSA) is 38.9 Å². The maximum Gasteiger partial charge on any atom is 0.190 e. The van der Waals surface area contributed by atoms with Crippen molar-refractivity contribution >= 4 is 17.6 Å². The molecule has 4 heteroatoms. The van der Waals surface area contributed by atoms with Gasteiger partial charge >= 0.3 is 0 Å². The van der Waals surface area contributed by atoms with E-state index in [-0.39, 0.29) is 0 Å². The zero-order chi connectivity index (χ0) is 5.11. The van der Waals surface area contributed by atoms with E-state index in [1.807, 2.05) is 0 Å². The molecule has 0 bridgehead atoms. The van der Waals surface area contributed by atoms with Gasteiger partial charge in [-0.15, -0.1) is 5.10 Å². The first kappa shape index (κ1) is 4.39. The highest BCUT2D eigenvalue weighted by atomic mass is 32.1. The highest BCUT2D eigenvalue weighted by Gasteiger charge is 1.85. The fraction of sp³-hybridized carbons (Fsp3) is 0. The first-order valence-electron chi connectivity index (χ1n) is 1.66. The molecule has 0 radical (unpaired) electrons. The van der Waals surface area contributed by atoms with Crippen LogP contribution in [0.2, 0.25) is 0 Å². The van der Waals surface area contributed by atoms with Gasteiger partial charge in [-0.2, -0.15) is 0 Å². The molecule has 0 N–H and O–H groups in total. The van der Waals surface area contributed by atoms with E-state index in [1.54, 1.807) is 0 Å². The lowest BCUT2D eigenvalue weighted by atomic mass is 10.6. The van der Waals surface area contributed by atoms with Gasteiger partial charge in [0.05, 0.1) is 6.20 Å². The third-order valence-corrected chi connectivity index (χ3v) is 0.727. The fourth-order valence-corrected chi connectivity index (χ4v) is 0.331. The molecule has 0 amide bonds. The van der Waals surface area contributed by atoms with Gasteiger partial charge in [-0.25, -0.2) is 0 Å². The summed E-state index contributed by atoms with van der Waals surface area (Å²) in [6.07, 6.45) is 1.45. The summed E-state index contributed by atoms with van der Waals surface area (Å²) in [5.41, 5.74) is 0. The van der Waals surface area contributed by atoms with E-state index in [4.69, 9.17) is 0 Å². The smallest absolute Gasteiger partial charge is 0.190 e. The molecule has 7 heavy (non-hydrogen) atoms. The minimum Gasteiger partial charge on any atom is -0.337 e. The van der Waals surface area contributed by atoms with E-state index < -0.39 is 0 Å². The predicted molar refractivity (Wildman–Crippen MR) is 27.1 cm³/mol. The summed E-state index contributed by atoms with van der Waals surface area (Å²) in [4.78, 5) is 0. The quantitative estimate of drug-likeness (QED) is 0.496. The highest BCUT2D eigenvalue weighted by Crippen LogP contribution is 1.85. The van der Waals surface area contributed by atoms with Crippen molar-refractivity contribution in [2.24, 2.45) is 0 Å². The highest BCUT2D eigenvalue weighted by molar-refractivity contribution is 7.79. The molecule has 3 nitrogen and oxygen atoms in total. The molecule has 1 rings (SSSR count). The van der Waals surface area contributed by atoms with Crippen LogP contribution in [0.5, 0.6) is 0 Å².